The third-order valence-electron chi connectivity index (χ3n) is 4.77. The van der Waals surface area contributed by atoms with E-state index < -0.39 is 16.1 Å². The van der Waals surface area contributed by atoms with Crippen LogP contribution in [-0.4, -0.2) is 25.3 Å². The van der Waals surface area contributed by atoms with Gasteiger partial charge in [0.15, 0.2) is 0 Å². The molecule has 1 aromatic heterocycles. The number of para-hydroxylation sites is 1. The minimum absolute atomic E-state index is 0.0867. The minimum atomic E-state index is -3.91. The van der Waals surface area contributed by atoms with Crippen LogP contribution in [0.2, 0.25) is 0 Å². The van der Waals surface area contributed by atoms with Crippen molar-refractivity contribution in [1.82, 2.24) is 4.57 Å². The summed E-state index contributed by atoms with van der Waals surface area (Å²) in [4.78, 5) is 13.0. The number of benzene rings is 3. The zero-order valence-corrected chi connectivity index (χ0v) is 17.6. The van der Waals surface area contributed by atoms with E-state index in [9.17, 15) is 13.2 Å². The second-order valence-electron chi connectivity index (χ2n) is 7.03. The predicted molar refractivity (Wildman–Crippen MR) is 120 cm³/mol. The van der Waals surface area contributed by atoms with E-state index in [0.717, 1.165) is 16.5 Å². The molecule has 0 saturated heterocycles. The molecule has 6 nitrogen and oxygen atoms in total. The third kappa shape index (κ3) is 4.57. The van der Waals surface area contributed by atoms with E-state index in [-0.39, 0.29) is 11.5 Å². The quantitative estimate of drug-likeness (QED) is 0.419. The number of nitrogens with zero attached hydrogens (tertiary/aromatic N) is 2. The Morgan fingerprint density at radius 2 is 1.65 bits per heavy atom. The molecule has 0 unspecified atom stereocenters. The molecule has 0 aliphatic carbocycles. The van der Waals surface area contributed by atoms with Gasteiger partial charge < -0.3 is 4.74 Å². The van der Waals surface area contributed by atoms with E-state index in [1.807, 2.05) is 49.4 Å². The Balaban J connectivity index is 1.67. The van der Waals surface area contributed by atoms with Crippen LogP contribution in [0.4, 0.5) is 4.79 Å². The largest absolute Gasteiger partial charge is 0.444 e. The van der Waals surface area contributed by atoms with E-state index in [0.29, 0.717) is 11.2 Å². The number of carbonyl (C=O) groups excluding carboxylic acids is 1. The van der Waals surface area contributed by atoms with Crippen LogP contribution in [0, 0.1) is 6.92 Å². The van der Waals surface area contributed by atoms with Gasteiger partial charge in [-0.15, -0.1) is 0 Å². The number of carbonyl (C=O) groups is 1. The summed E-state index contributed by atoms with van der Waals surface area (Å²) >= 11 is 0. The maximum absolute atomic E-state index is 12.9. The fourth-order valence-corrected chi connectivity index (χ4v) is 4.00. The van der Waals surface area contributed by atoms with E-state index in [1.165, 1.54) is 22.9 Å². The average molecular weight is 433 g/mol. The van der Waals surface area contributed by atoms with E-state index in [1.54, 1.807) is 30.3 Å². The van der Waals surface area contributed by atoms with Crippen molar-refractivity contribution in [2.75, 3.05) is 0 Å². The molecule has 156 valence electrons. The van der Waals surface area contributed by atoms with Gasteiger partial charge >= 0.3 is 6.09 Å². The monoisotopic (exact) mass is 432 g/mol. The van der Waals surface area contributed by atoms with E-state index in [4.69, 9.17) is 4.74 Å². The lowest BCUT2D eigenvalue weighted by molar-refractivity contribution is 0.142. The molecule has 4 rings (SSSR count). The molecule has 0 aliphatic rings. The second kappa shape index (κ2) is 8.57. The molecule has 1 heterocycles. The lowest BCUT2D eigenvalue weighted by Crippen LogP contribution is -2.16. The molecule has 31 heavy (non-hydrogen) atoms. The van der Waals surface area contributed by atoms with Crippen LogP contribution in [0.15, 0.2) is 94.2 Å². The number of sulfonamides is 1. The molecule has 0 spiro atoms. The van der Waals surface area contributed by atoms with Gasteiger partial charge in [0, 0.05) is 5.39 Å². The first-order valence-corrected chi connectivity index (χ1v) is 11.1. The molecule has 0 radical (unpaired) electrons. The molecule has 7 heteroatoms. The van der Waals surface area contributed by atoms with E-state index in [2.05, 4.69) is 4.40 Å². The summed E-state index contributed by atoms with van der Waals surface area (Å²) in [6.45, 7) is 1.98. The normalized spacial score (nSPS) is 11.8. The van der Waals surface area contributed by atoms with Crippen molar-refractivity contribution in [2.24, 2.45) is 4.40 Å². The van der Waals surface area contributed by atoms with Crippen molar-refractivity contribution in [2.45, 2.75) is 18.4 Å². The van der Waals surface area contributed by atoms with Crippen LogP contribution in [-0.2, 0) is 21.4 Å². The molecule has 3 aromatic carbocycles. The Morgan fingerprint density at radius 3 is 2.39 bits per heavy atom. The van der Waals surface area contributed by atoms with Crippen LogP contribution < -0.4 is 0 Å². The third-order valence-corrected chi connectivity index (χ3v) is 6.02. The maximum Gasteiger partial charge on any atom is 0.419 e. The molecular formula is C24H20N2O4S. The fourth-order valence-electron chi connectivity index (χ4n) is 3.15. The van der Waals surface area contributed by atoms with Crippen molar-refractivity contribution in [3.8, 4) is 0 Å². The number of rotatable bonds is 5. The molecule has 0 fully saturated rings. The second-order valence-corrected chi connectivity index (χ2v) is 8.66. The summed E-state index contributed by atoms with van der Waals surface area (Å²) in [5, 5.41) is 0.772. The van der Waals surface area contributed by atoms with E-state index >= 15 is 0 Å². The van der Waals surface area contributed by atoms with Gasteiger partial charge in [-0.1, -0.05) is 66.2 Å². The van der Waals surface area contributed by atoms with Crippen molar-refractivity contribution >= 4 is 33.2 Å². The van der Waals surface area contributed by atoms with Gasteiger partial charge in [0.2, 0.25) is 0 Å². The molecule has 0 atom stereocenters. The van der Waals surface area contributed by atoms with Crippen LogP contribution in [0.5, 0.6) is 0 Å². The zero-order valence-electron chi connectivity index (χ0n) is 16.8. The average Bonchev–Trinajstić information content (AvgIpc) is 3.16. The number of hydrogen-bond donors (Lipinski definition) is 0. The van der Waals surface area contributed by atoms with Crippen LogP contribution in [0.1, 0.15) is 16.8 Å². The molecule has 0 bridgehead atoms. The van der Waals surface area contributed by atoms with Crippen LogP contribution >= 0.6 is 0 Å². The molecule has 0 amide bonds. The Kier molecular flexibility index (Phi) is 5.68. The summed E-state index contributed by atoms with van der Waals surface area (Å²) in [6, 6.07) is 24.7. The molecule has 0 aliphatic heterocycles. The molecule has 4 aromatic rings. The van der Waals surface area contributed by atoms with Gasteiger partial charge in [0.05, 0.1) is 22.3 Å². The van der Waals surface area contributed by atoms with Gasteiger partial charge in [-0.05, 0) is 36.8 Å². The summed E-state index contributed by atoms with van der Waals surface area (Å²) in [5.41, 5.74) is 2.72. The lowest BCUT2D eigenvalue weighted by Gasteiger charge is -2.08. The highest BCUT2D eigenvalue weighted by Crippen LogP contribution is 2.21. The maximum atomic E-state index is 12.9. The number of hydrogen-bond acceptors (Lipinski definition) is 4. The topological polar surface area (TPSA) is 77.7 Å². The summed E-state index contributed by atoms with van der Waals surface area (Å²) in [5.74, 6) is 0. The lowest BCUT2D eigenvalue weighted by atomic mass is 10.2. The number of ether oxygens (including phenoxy) is 1. The van der Waals surface area contributed by atoms with Gasteiger partial charge in [-0.2, -0.15) is 12.8 Å². The van der Waals surface area contributed by atoms with Crippen LogP contribution in [0.25, 0.3) is 10.9 Å². The Labute approximate surface area is 180 Å². The van der Waals surface area contributed by atoms with Gasteiger partial charge in [-0.3, -0.25) is 0 Å². The molecular weight excluding hydrogens is 412 g/mol. The van der Waals surface area contributed by atoms with Crippen molar-refractivity contribution in [3.63, 3.8) is 0 Å². The van der Waals surface area contributed by atoms with Crippen molar-refractivity contribution < 1.29 is 17.9 Å². The first-order valence-electron chi connectivity index (χ1n) is 9.62. The first kappa shape index (κ1) is 20.6. The standard InChI is InChI=1S/C24H20N2O4S/c1-18-11-13-22(14-12-18)31(28,29)25-16-21-15-20-9-5-6-10-23(20)26(21)24(27)30-17-19-7-3-2-4-8-19/h2-16H,17H2,1H3/b25-16-. The Hall–Kier alpha value is -3.71. The Morgan fingerprint density at radius 1 is 0.968 bits per heavy atom. The zero-order chi connectivity index (χ0) is 21.8. The first-order chi connectivity index (χ1) is 14.9. The minimum Gasteiger partial charge on any atom is -0.444 e. The number of aryl methyl sites for hydroxylation is 1. The summed E-state index contributed by atoms with van der Waals surface area (Å²) in [7, 11) is -3.91. The predicted octanol–water partition coefficient (Wildman–Crippen LogP) is 4.94. The van der Waals surface area contributed by atoms with Crippen LogP contribution in [0.3, 0.4) is 0 Å². The smallest absolute Gasteiger partial charge is 0.419 e. The van der Waals surface area contributed by atoms with Crippen molar-refractivity contribution in [1.29, 1.82) is 0 Å². The van der Waals surface area contributed by atoms with Crippen molar-refractivity contribution in [3.05, 3.63) is 102 Å². The van der Waals surface area contributed by atoms with Gasteiger partial charge in [-0.25, -0.2) is 9.36 Å². The summed E-state index contributed by atoms with van der Waals surface area (Å²) in [6.07, 6.45) is 0.568. The number of fused-ring (bicyclic) bond motifs is 1. The SMILES string of the molecule is Cc1ccc(S(=O)(=O)/N=C\c2cc3ccccc3n2C(=O)OCc2ccccc2)cc1. The Bertz CT molecular complexity index is 1360. The highest BCUT2D eigenvalue weighted by Gasteiger charge is 2.17. The fraction of sp³-hybridized carbons (Fsp3) is 0.0833. The number of aromatic nitrogens is 1. The van der Waals surface area contributed by atoms with Gasteiger partial charge in [0.1, 0.15) is 6.61 Å². The molecule has 0 saturated carbocycles. The highest BCUT2D eigenvalue weighted by molar-refractivity contribution is 7.90. The highest BCUT2D eigenvalue weighted by atomic mass is 32.2. The summed E-state index contributed by atoms with van der Waals surface area (Å²) < 4.78 is 35.8. The molecule has 0 N–H and O–H groups in total. The van der Waals surface area contributed by atoms with Gasteiger partial charge in [0.25, 0.3) is 10.0 Å².